The van der Waals surface area contributed by atoms with Crippen LogP contribution in [-0.2, 0) is 12.0 Å². The van der Waals surface area contributed by atoms with Crippen molar-refractivity contribution in [3.8, 4) is 0 Å². The monoisotopic (exact) mass is 232 g/mol. The molecule has 1 saturated heterocycles. The average molecular weight is 232 g/mol. The number of nitrogens with zero attached hydrogens (tertiary/aromatic N) is 1. The molecule has 2 rings (SSSR count). The van der Waals surface area contributed by atoms with Crippen molar-refractivity contribution in [2.24, 2.45) is 0 Å². The number of benzene rings is 1. The minimum absolute atomic E-state index is 0.158. The van der Waals surface area contributed by atoms with Gasteiger partial charge in [-0.1, -0.05) is 19.1 Å². The van der Waals surface area contributed by atoms with Crippen molar-refractivity contribution in [2.45, 2.75) is 38.6 Å². The Hall–Kier alpha value is -1.02. The Balaban J connectivity index is 2.48. The number of aryl methyl sites for hydroxylation is 1. The zero-order valence-electron chi connectivity index (χ0n) is 11.5. The second-order valence-corrected chi connectivity index (χ2v) is 5.46. The van der Waals surface area contributed by atoms with Gasteiger partial charge in [0.15, 0.2) is 0 Å². The molecule has 0 aliphatic carbocycles. The molecule has 1 atom stereocenters. The molecule has 17 heavy (non-hydrogen) atoms. The molecule has 1 heterocycles. The van der Waals surface area contributed by atoms with Gasteiger partial charge in [0.05, 0.1) is 0 Å². The van der Waals surface area contributed by atoms with Crippen LogP contribution < -0.4 is 10.2 Å². The Morgan fingerprint density at radius 1 is 1.35 bits per heavy atom. The highest BCUT2D eigenvalue weighted by Gasteiger charge is 2.32. The lowest BCUT2D eigenvalue weighted by Crippen LogP contribution is -2.34. The van der Waals surface area contributed by atoms with Crippen LogP contribution in [0.1, 0.15) is 37.8 Å². The van der Waals surface area contributed by atoms with Crippen molar-refractivity contribution >= 4 is 5.69 Å². The molecule has 0 bridgehead atoms. The van der Waals surface area contributed by atoms with E-state index in [-0.39, 0.29) is 5.54 Å². The smallest absolute Gasteiger partial charge is 0.0427 e. The molecule has 0 aromatic heterocycles. The lowest BCUT2D eigenvalue weighted by molar-refractivity contribution is 0.435. The molecule has 2 heteroatoms. The molecule has 1 aliphatic heterocycles. The van der Waals surface area contributed by atoms with E-state index in [1.54, 1.807) is 0 Å². The quantitative estimate of drug-likeness (QED) is 0.862. The maximum atomic E-state index is 3.67. The largest absolute Gasteiger partial charge is 0.377 e. The topological polar surface area (TPSA) is 15.3 Å². The standard InChI is InChI=1S/C15H24N2/c1-5-12-7-8-14(17(3)4)13(11-12)15(2)9-6-10-16-15/h7-8,11,16H,5-6,9-10H2,1-4H3. The fourth-order valence-electron chi connectivity index (χ4n) is 2.76. The predicted octanol–water partition coefficient (Wildman–Crippen LogP) is 2.91. The maximum Gasteiger partial charge on any atom is 0.0427 e. The van der Waals surface area contributed by atoms with Crippen LogP contribution in [0.3, 0.4) is 0 Å². The molecular weight excluding hydrogens is 208 g/mol. The Labute approximate surface area is 105 Å². The lowest BCUT2D eigenvalue weighted by atomic mass is 9.87. The summed E-state index contributed by atoms with van der Waals surface area (Å²) in [6, 6.07) is 6.89. The van der Waals surface area contributed by atoms with E-state index in [2.05, 4.69) is 56.4 Å². The predicted molar refractivity (Wildman–Crippen MR) is 74.7 cm³/mol. The Bertz CT molecular complexity index is 390. The second kappa shape index (κ2) is 4.69. The average Bonchev–Trinajstić information content (AvgIpc) is 2.76. The van der Waals surface area contributed by atoms with Crippen molar-refractivity contribution in [3.63, 3.8) is 0 Å². The third-order valence-corrected chi connectivity index (χ3v) is 3.91. The summed E-state index contributed by atoms with van der Waals surface area (Å²) < 4.78 is 0. The maximum absolute atomic E-state index is 3.67. The highest BCUT2D eigenvalue weighted by Crippen LogP contribution is 2.36. The van der Waals surface area contributed by atoms with E-state index in [1.165, 1.54) is 29.7 Å². The highest BCUT2D eigenvalue weighted by atomic mass is 15.1. The first kappa shape index (κ1) is 12.4. The van der Waals surface area contributed by atoms with Gasteiger partial charge in [0.2, 0.25) is 0 Å². The van der Waals surface area contributed by atoms with Crippen LogP contribution in [0.4, 0.5) is 5.69 Å². The van der Waals surface area contributed by atoms with Crippen molar-refractivity contribution < 1.29 is 0 Å². The zero-order chi connectivity index (χ0) is 12.5. The van der Waals surface area contributed by atoms with E-state index in [1.807, 2.05) is 0 Å². The van der Waals surface area contributed by atoms with Crippen LogP contribution in [0.2, 0.25) is 0 Å². The van der Waals surface area contributed by atoms with Crippen LogP contribution in [0, 0.1) is 0 Å². The molecule has 0 spiro atoms. The van der Waals surface area contributed by atoms with Crippen molar-refractivity contribution in [3.05, 3.63) is 29.3 Å². The minimum Gasteiger partial charge on any atom is -0.377 e. The first-order valence-electron chi connectivity index (χ1n) is 6.62. The van der Waals surface area contributed by atoms with Crippen LogP contribution in [0.15, 0.2) is 18.2 Å². The minimum atomic E-state index is 0.158. The molecule has 1 aromatic rings. The zero-order valence-corrected chi connectivity index (χ0v) is 11.5. The normalized spacial score (nSPS) is 24.0. The number of rotatable bonds is 3. The summed E-state index contributed by atoms with van der Waals surface area (Å²) in [7, 11) is 4.26. The van der Waals surface area contributed by atoms with E-state index >= 15 is 0 Å². The van der Waals surface area contributed by atoms with E-state index in [0.29, 0.717) is 0 Å². The van der Waals surface area contributed by atoms with Gasteiger partial charge in [-0.15, -0.1) is 0 Å². The van der Waals surface area contributed by atoms with Gasteiger partial charge in [-0.25, -0.2) is 0 Å². The molecule has 1 unspecified atom stereocenters. The molecule has 2 nitrogen and oxygen atoms in total. The summed E-state index contributed by atoms with van der Waals surface area (Å²) in [6.07, 6.45) is 3.62. The molecule has 1 aliphatic rings. The SMILES string of the molecule is CCc1ccc(N(C)C)c(C2(C)CCCN2)c1. The Morgan fingerprint density at radius 3 is 2.65 bits per heavy atom. The Morgan fingerprint density at radius 2 is 2.12 bits per heavy atom. The van der Waals surface area contributed by atoms with E-state index in [0.717, 1.165) is 13.0 Å². The molecular formula is C15H24N2. The molecule has 0 saturated carbocycles. The molecule has 0 radical (unpaired) electrons. The molecule has 1 aromatic carbocycles. The van der Waals surface area contributed by atoms with Crippen LogP contribution in [0.5, 0.6) is 0 Å². The molecule has 1 N–H and O–H groups in total. The van der Waals surface area contributed by atoms with Crippen LogP contribution in [0.25, 0.3) is 0 Å². The van der Waals surface area contributed by atoms with Gasteiger partial charge in [0.25, 0.3) is 0 Å². The van der Waals surface area contributed by atoms with Gasteiger partial charge in [-0.05, 0) is 49.9 Å². The van der Waals surface area contributed by atoms with Gasteiger partial charge in [0.1, 0.15) is 0 Å². The molecule has 0 amide bonds. The summed E-state index contributed by atoms with van der Waals surface area (Å²) in [5, 5.41) is 3.67. The van der Waals surface area contributed by atoms with Crippen molar-refractivity contribution in [1.82, 2.24) is 5.32 Å². The second-order valence-electron chi connectivity index (χ2n) is 5.46. The van der Waals surface area contributed by atoms with Gasteiger partial charge in [-0.3, -0.25) is 0 Å². The molecule has 94 valence electrons. The number of anilines is 1. The summed E-state index contributed by atoms with van der Waals surface area (Å²) in [5.41, 5.74) is 4.39. The Kier molecular flexibility index (Phi) is 3.43. The highest BCUT2D eigenvalue weighted by molar-refractivity contribution is 5.57. The van der Waals surface area contributed by atoms with E-state index in [4.69, 9.17) is 0 Å². The summed E-state index contributed by atoms with van der Waals surface area (Å²) in [6.45, 7) is 5.69. The van der Waals surface area contributed by atoms with E-state index in [9.17, 15) is 0 Å². The van der Waals surface area contributed by atoms with Crippen LogP contribution in [-0.4, -0.2) is 20.6 Å². The first-order chi connectivity index (χ1) is 8.07. The van der Waals surface area contributed by atoms with Gasteiger partial charge < -0.3 is 10.2 Å². The van der Waals surface area contributed by atoms with Gasteiger partial charge in [-0.2, -0.15) is 0 Å². The fourth-order valence-corrected chi connectivity index (χ4v) is 2.76. The third kappa shape index (κ3) is 2.32. The first-order valence-corrected chi connectivity index (χ1v) is 6.62. The van der Waals surface area contributed by atoms with Gasteiger partial charge >= 0.3 is 0 Å². The number of hydrogen-bond acceptors (Lipinski definition) is 2. The summed E-state index contributed by atoms with van der Waals surface area (Å²) >= 11 is 0. The van der Waals surface area contributed by atoms with Crippen molar-refractivity contribution in [1.29, 1.82) is 0 Å². The van der Waals surface area contributed by atoms with Crippen LogP contribution >= 0.6 is 0 Å². The summed E-state index contributed by atoms with van der Waals surface area (Å²) in [4.78, 5) is 2.22. The molecule has 1 fully saturated rings. The lowest BCUT2D eigenvalue weighted by Gasteiger charge is -2.30. The fraction of sp³-hybridized carbons (Fsp3) is 0.600. The number of hydrogen-bond donors (Lipinski definition) is 1. The number of nitrogens with one attached hydrogen (secondary N) is 1. The summed E-state index contributed by atoms with van der Waals surface area (Å²) in [5.74, 6) is 0. The van der Waals surface area contributed by atoms with E-state index < -0.39 is 0 Å². The third-order valence-electron chi connectivity index (χ3n) is 3.91. The van der Waals surface area contributed by atoms with Gasteiger partial charge in [0, 0.05) is 25.3 Å². The van der Waals surface area contributed by atoms with Crippen molar-refractivity contribution in [2.75, 3.05) is 25.5 Å².